The molecule has 1 aromatic carbocycles. The van der Waals surface area contributed by atoms with Crippen LogP contribution in [-0.2, 0) is 4.74 Å². The predicted octanol–water partition coefficient (Wildman–Crippen LogP) is 3.10. The maximum absolute atomic E-state index is 14.2. The molecule has 0 aromatic heterocycles. The summed E-state index contributed by atoms with van der Waals surface area (Å²) in [6, 6.07) is 2.43. The summed E-state index contributed by atoms with van der Waals surface area (Å²) < 4.78 is 19.5. The quantitative estimate of drug-likeness (QED) is 0.611. The number of ether oxygens (including phenoxy) is 1. The molecular formula is C16H22FN3O4. The molecule has 0 N–H and O–H groups in total. The van der Waals surface area contributed by atoms with Gasteiger partial charge >= 0.3 is 6.09 Å². The molecule has 1 saturated heterocycles. The van der Waals surface area contributed by atoms with Gasteiger partial charge in [-0.05, 0) is 33.8 Å². The van der Waals surface area contributed by atoms with E-state index in [1.54, 1.807) is 37.5 Å². The summed E-state index contributed by atoms with van der Waals surface area (Å²) in [7, 11) is 0. The highest BCUT2D eigenvalue weighted by Crippen LogP contribution is 2.28. The van der Waals surface area contributed by atoms with E-state index in [1.165, 1.54) is 6.07 Å². The van der Waals surface area contributed by atoms with Crippen LogP contribution in [0.2, 0.25) is 0 Å². The van der Waals surface area contributed by atoms with E-state index in [9.17, 15) is 19.3 Å². The second-order valence-electron chi connectivity index (χ2n) is 6.80. The maximum atomic E-state index is 14.2. The van der Waals surface area contributed by atoms with Crippen molar-refractivity contribution in [2.24, 2.45) is 0 Å². The Morgan fingerprint density at radius 1 is 1.25 bits per heavy atom. The van der Waals surface area contributed by atoms with Gasteiger partial charge in [0.2, 0.25) is 0 Å². The van der Waals surface area contributed by atoms with Crippen LogP contribution in [0.3, 0.4) is 0 Å². The minimum Gasteiger partial charge on any atom is -0.444 e. The van der Waals surface area contributed by atoms with Gasteiger partial charge in [0.05, 0.1) is 16.7 Å². The smallest absolute Gasteiger partial charge is 0.410 e. The first-order valence-electron chi connectivity index (χ1n) is 7.76. The molecule has 1 aromatic rings. The van der Waals surface area contributed by atoms with Crippen molar-refractivity contribution in [3.63, 3.8) is 0 Å². The van der Waals surface area contributed by atoms with Crippen molar-refractivity contribution >= 4 is 17.5 Å². The monoisotopic (exact) mass is 339 g/mol. The number of hydrogen-bond donors (Lipinski definition) is 0. The summed E-state index contributed by atoms with van der Waals surface area (Å²) in [6.07, 6.45) is -0.387. The Labute approximate surface area is 140 Å². The van der Waals surface area contributed by atoms with Crippen molar-refractivity contribution in [1.29, 1.82) is 0 Å². The van der Waals surface area contributed by atoms with Crippen LogP contribution >= 0.6 is 0 Å². The summed E-state index contributed by atoms with van der Waals surface area (Å²) in [6.45, 7) is 8.68. The SMILES string of the molecule is Cc1cc(N2CCN(C(=O)OC(C)(C)C)CC2)c(F)cc1[N+](=O)[O-]. The number of piperazine rings is 1. The zero-order valence-corrected chi connectivity index (χ0v) is 14.3. The number of anilines is 1. The normalized spacial score (nSPS) is 15.4. The fourth-order valence-electron chi connectivity index (χ4n) is 2.55. The topological polar surface area (TPSA) is 75.9 Å². The number of nitro benzene ring substituents is 1. The Kier molecular flexibility index (Phi) is 4.96. The molecule has 1 heterocycles. The van der Waals surface area contributed by atoms with Gasteiger partial charge in [-0.2, -0.15) is 0 Å². The summed E-state index contributed by atoms with van der Waals surface area (Å²) in [4.78, 5) is 25.7. The number of amides is 1. The van der Waals surface area contributed by atoms with Crippen LogP contribution in [0.4, 0.5) is 20.6 Å². The largest absolute Gasteiger partial charge is 0.444 e. The van der Waals surface area contributed by atoms with Crippen LogP contribution in [0.5, 0.6) is 0 Å². The molecule has 2 rings (SSSR count). The highest BCUT2D eigenvalue weighted by Gasteiger charge is 2.27. The van der Waals surface area contributed by atoms with E-state index >= 15 is 0 Å². The molecule has 1 aliphatic rings. The van der Waals surface area contributed by atoms with Crippen molar-refractivity contribution < 1.29 is 18.8 Å². The van der Waals surface area contributed by atoms with Crippen LogP contribution in [0.15, 0.2) is 12.1 Å². The van der Waals surface area contributed by atoms with Crippen molar-refractivity contribution in [2.75, 3.05) is 31.1 Å². The second kappa shape index (κ2) is 6.62. The standard InChI is InChI=1S/C16H22FN3O4/c1-11-9-14(12(17)10-13(11)20(22)23)18-5-7-19(8-6-18)15(21)24-16(2,3)4/h9-10H,5-8H2,1-4H3. The summed E-state index contributed by atoms with van der Waals surface area (Å²) in [5.41, 5.74) is -0.0629. The number of hydrogen-bond acceptors (Lipinski definition) is 5. The lowest BCUT2D eigenvalue weighted by Crippen LogP contribution is -2.50. The molecule has 0 spiro atoms. The number of carbonyl (C=O) groups is 1. The zero-order valence-electron chi connectivity index (χ0n) is 14.3. The molecular weight excluding hydrogens is 317 g/mol. The maximum Gasteiger partial charge on any atom is 0.410 e. The van der Waals surface area contributed by atoms with Gasteiger partial charge in [0.1, 0.15) is 5.60 Å². The third-order valence-corrected chi connectivity index (χ3v) is 3.73. The van der Waals surface area contributed by atoms with E-state index in [4.69, 9.17) is 4.74 Å². The van der Waals surface area contributed by atoms with Crippen molar-refractivity contribution in [2.45, 2.75) is 33.3 Å². The lowest BCUT2D eigenvalue weighted by Gasteiger charge is -2.36. The molecule has 0 aliphatic carbocycles. The zero-order chi connectivity index (χ0) is 18.1. The molecule has 1 aliphatic heterocycles. The van der Waals surface area contributed by atoms with E-state index in [0.29, 0.717) is 37.4 Å². The molecule has 1 amide bonds. The van der Waals surface area contributed by atoms with Crippen LogP contribution in [0, 0.1) is 22.9 Å². The first-order valence-corrected chi connectivity index (χ1v) is 7.76. The summed E-state index contributed by atoms with van der Waals surface area (Å²) >= 11 is 0. The lowest BCUT2D eigenvalue weighted by atomic mass is 10.1. The van der Waals surface area contributed by atoms with Crippen LogP contribution in [-0.4, -0.2) is 47.7 Å². The van der Waals surface area contributed by atoms with E-state index in [0.717, 1.165) is 6.07 Å². The first kappa shape index (κ1) is 18.0. The second-order valence-corrected chi connectivity index (χ2v) is 6.80. The van der Waals surface area contributed by atoms with Gasteiger partial charge in [-0.1, -0.05) is 0 Å². The summed E-state index contributed by atoms with van der Waals surface area (Å²) in [5.74, 6) is -0.627. The predicted molar refractivity (Wildman–Crippen MR) is 87.8 cm³/mol. The Balaban J connectivity index is 2.06. The van der Waals surface area contributed by atoms with E-state index in [2.05, 4.69) is 0 Å². The van der Waals surface area contributed by atoms with Gasteiger partial charge in [0.15, 0.2) is 5.82 Å². The highest BCUT2D eigenvalue weighted by atomic mass is 19.1. The number of carbonyl (C=O) groups excluding carboxylic acids is 1. The van der Waals surface area contributed by atoms with Gasteiger partial charge in [-0.15, -0.1) is 0 Å². The van der Waals surface area contributed by atoms with Crippen LogP contribution in [0.25, 0.3) is 0 Å². The van der Waals surface area contributed by atoms with Crippen LogP contribution < -0.4 is 4.90 Å². The third kappa shape index (κ3) is 4.12. The molecule has 8 heteroatoms. The molecule has 7 nitrogen and oxygen atoms in total. The van der Waals surface area contributed by atoms with E-state index in [-0.39, 0.29) is 11.8 Å². The number of nitro groups is 1. The Morgan fingerprint density at radius 3 is 2.33 bits per heavy atom. The Hall–Kier alpha value is -2.38. The fraction of sp³-hybridized carbons (Fsp3) is 0.562. The van der Waals surface area contributed by atoms with Crippen molar-refractivity contribution in [1.82, 2.24) is 4.90 Å². The average Bonchev–Trinajstić information content (AvgIpc) is 2.47. The van der Waals surface area contributed by atoms with Gasteiger partial charge < -0.3 is 14.5 Å². The number of benzene rings is 1. The summed E-state index contributed by atoms with van der Waals surface area (Å²) in [5, 5.41) is 10.9. The Morgan fingerprint density at radius 2 is 1.83 bits per heavy atom. The van der Waals surface area contributed by atoms with Crippen LogP contribution in [0.1, 0.15) is 26.3 Å². The molecule has 1 fully saturated rings. The minimum atomic E-state index is -0.627. The molecule has 132 valence electrons. The molecule has 0 saturated carbocycles. The molecule has 0 unspecified atom stereocenters. The minimum absolute atomic E-state index is 0.233. The van der Waals surface area contributed by atoms with Crippen molar-refractivity contribution in [3.8, 4) is 0 Å². The highest BCUT2D eigenvalue weighted by molar-refractivity contribution is 5.68. The van der Waals surface area contributed by atoms with Gasteiger partial charge in [-0.3, -0.25) is 10.1 Å². The third-order valence-electron chi connectivity index (χ3n) is 3.73. The van der Waals surface area contributed by atoms with Gasteiger partial charge in [0, 0.05) is 31.7 Å². The van der Waals surface area contributed by atoms with E-state index in [1.807, 2.05) is 0 Å². The molecule has 0 atom stereocenters. The van der Waals surface area contributed by atoms with Crippen molar-refractivity contribution in [3.05, 3.63) is 33.6 Å². The molecule has 24 heavy (non-hydrogen) atoms. The number of halogens is 1. The number of nitrogens with zero attached hydrogens (tertiary/aromatic N) is 3. The first-order chi connectivity index (χ1) is 11.1. The van der Waals surface area contributed by atoms with Gasteiger partial charge in [-0.25, -0.2) is 9.18 Å². The molecule has 0 radical (unpaired) electrons. The average molecular weight is 339 g/mol. The van der Waals surface area contributed by atoms with Gasteiger partial charge in [0.25, 0.3) is 5.69 Å². The fourth-order valence-corrected chi connectivity index (χ4v) is 2.55. The van der Waals surface area contributed by atoms with E-state index < -0.39 is 16.3 Å². The molecule has 0 bridgehead atoms. The number of rotatable bonds is 2. The Bertz CT molecular complexity index is 649. The number of aryl methyl sites for hydroxylation is 1. The lowest BCUT2D eigenvalue weighted by molar-refractivity contribution is -0.385.